The van der Waals surface area contributed by atoms with E-state index in [2.05, 4.69) is 16.5 Å². The highest BCUT2D eigenvalue weighted by molar-refractivity contribution is 7.87. The number of nitrogens with zero attached hydrogens (tertiary/aromatic N) is 2. The Morgan fingerprint density at radius 3 is 2.50 bits per heavy atom. The fraction of sp³-hybridized carbons (Fsp3) is 1.00. The summed E-state index contributed by atoms with van der Waals surface area (Å²) in [6.45, 7) is 6.54. The van der Waals surface area contributed by atoms with Gasteiger partial charge in [-0.25, -0.2) is 4.72 Å². The maximum atomic E-state index is 11.8. The predicted octanol–water partition coefficient (Wildman–Crippen LogP) is 0.0108. The van der Waals surface area contributed by atoms with Gasteiger partial charge in [0.05, 0.1) is 0 Å². The van der Waals surface area contributed by atoms with Crippen LogP contribution >= 0.6 is 0 Å². The summed E-state index contributed by atoms with van der Waals surface area (Å²) in [5.41, 5.74) is 0. The van der Waals surface area contributed by atoms with Crippen LogP contribution in [0.5, 0.6) is 0 Å². The van der Waals surface area contributed by atoms with Crippen molar-refractivity contribution in [3.05, 3.63) is 0 Å². The van der Waals surface area contributed by atoms with Gasteiger partial charge in [-0.1, -0.05) is 6.92 Å². The molecule has 0 aromatic heterocycles. The van der Waals surface area contributed by atoms with E-state index in [-0.39, 0.29) is 6.04 Å². The Morgan fingerprint density at radius 1 is 1.25 bits per heavy atom. The lowest BCUT2D eigenvalue weighted by molar-refractivity contribution is 0.159. The number of rotatable bonds is 2. The molecule has 2 aliphatic rings. The van der Waals surface area contributed by atoms with Gasteiger partial charge in [-0.3, -0.25) is 0 Å². The Kier molecular flexibility index (Phi) is 3.84. The zero-order valence-corrected chi connectivity index (χ0v) is 10.7. The van der Waals surface area contributed by atoms with Crippen LogP contribution in [0.4, 0.5) is 0 Å². The van der Waals surface area contributed by atoms with E-state index < -0.39 is 10.2 Å². The number of hydrogen-bond acceptors (Lipinski definition) is 3. The Balaban J connectivity index is 1.97. The number of hydrogen-bond donors (Lipinski definition) is 1. The molecule has 0 radical (unpaired) electrons. The van der Waals surface area contributed by atoms with Crippen LogP contribution in [-0.2, 0) is 10.2 Å². The molecule has 0 aromatic rings. The highest BCUT2D eigenvalue weighted by Gasteiger charge is 2.33. The Morgan fingerprint density at radius 2 is 1.94 bits per heavy atom. The zero-order valence-electron chi connectivity index (χ0n) is 9.85. The highest BCUT2D eigenvalue weighted by Crippen LogP contribution is 2.20. The fourth-order valence-corrected chi connectivity index (χ4v) is 4.08. The number of piperidine rings is 1. The molecule has 2 aliphatic heterocycles. The maximum absolute atomic E-state index is 11.8. The van der Waals surface area contributed by atoms with Crippen LogP contribution in [0.15, 0.2) is 0 Å². The van der Waals surface area contributed by atoms with Gasteiger partial charge in [0.15, 0.2) is 0 Å². The standard InChI is InChI=1S/C10H21N3O2S/c1-2-12-8-4-10(5-9-12)13-7-3-6-11-16(13,14)15/h10-11H,2-9H2,1H3. The summed E-state index contributed by atoms with van der Waals surface area (Å²) in [6.07, 6.45) is 2.86. The topological polar surface area (TPSA) is 52.6 Å². The van der Waals surface area contributed by atoms with Gasteiger partial charge in [-0.05, 0) is 38.9 Å². The lowest BCUT2D eigenvalue weighted by Crippen LogP contribution is -2.54. The van der Waals surface area contributed by atoms with E-state index in [1.807, 2.05) is 0 Å². The smallest absolute Gasteiger partial charge is 0.279 e. The quantitative estimate of drug-likeness (QED) is 0.748. The van der Waals surface area contributed by atoms with E-state index in [0.717, 1.165) is 38.9 Å². The minimum Gasteiger partial charge on any atom is -0.303 e. The summed E-state index contributed by atoms with van der Waals surface area (Å²) in [7, 11) is -3.18. The van der Waals surface area contributed by atoms with Crippen molar-refractivity contribution in [3.63, 3.8) is 0 Å². The first-order valence-corrected chi connectivity index (χ1v) is 7.56. The molecule has 0 amide bonds. The van der Waals surface area contributed by atoms with Crippen molar-refractivity contribution < 1.29 is 8.42 Å². The summed E-state index contributed by atoms with van der Waals surface area (Å²) >= 11 is 0. The van der Waals surface area contributed by atoms with Crippen molar-refractivity contribution in [2.24, 2.45) is 0 Å². The van der Waals surface area contributed by atoms with Crippen LogP contribution in [0, 0.1) is 0 Å². The van der Waals surface area contributed by atoms with Gasteiger partial charge in [-0.2, -0.15) is 12.7 Å². The van der Waals surface area contributed by atoms with Gasteiger partial charge >= 0.3 is 0 Å². The number of likely N-dealkylation sites (tertiary alicyclic amines) is 1. The third-order valence-electron chi connectivity index (χ3n) is 3.56. The third kappa shape index (κ3) is 2.56. The molecule has 16 heavy (non-hydrogen) atoms. The van der Waals surface area contributed by atoms with E-state index in [1.165, 1.54) is 0 Å². The Labute approximate surface area is 98.0 Å². The molecular weight excluding hydrogens is 226 g/mol. The summed E-state index contributed by atoms with van der Waals surface area (Å²) in [4.78, 5) is 2.38. The van der Waals surface area contributed by atoms with Crippen LogP contribution in [-0.4, -0.2) is 56.4 Å². The molecule has 2 heterocycles. The summed E-state index contributed by atoms with van der Waals surface area (Å²) in [5, 5.41) is 0. The first-order valence-electron chi connectivity index (χ1n) is 6.12. The lowest BCUT2D eigenvalue weighted by Gasteiger charge is -2.39. The van der Waals surface area contributed by atoms with Crippen molar-refractivity contribution in [1.29, 1.82) is 0 Å². The van der Waals surface area contributed by atoms with Crippen molar-refractivity contribution in [3.8, 4) is 0 Å². The van der Waals surface area contributed by atoms with Crippen LogP contribution in [0.2, 0.25) is 0 Å². The second-order valence-corrected chi connectivity index (χ2v) is 6.24. The summed E-state index contributed by atoms with van der Waals surface area (Å²) in [6, 6.07) is 0.209. The monoisotopic (exact) mass is 247 g/mol. The normalized spacial score (nSPS) is 29.3. The van der Waals surface area contributed by atoms with Gasteiger partial charge in [0.2, 0.25) is 0 Å². The molecule has 0 atom stereocenters. The summed E-state index contributed by atoms with van der Waals surface area (Å²) in [5.74, 6) is 0. The molecule has 2 rings (SSSR count). The second-order valence-electron chi connectivity index (χ2n) is 4.53. The van der Waals surface area contributed by atoms with Gasteiger partial charge in [0.25, 0.3) is 10.2 Å². The maximum Gasteiger partial charge on any atom is 0.279 e. The Bertz CT molecular complexity index is 323. The van der Waals surface area contributed by atoms with Gasteiger partial charge in [0, 0.05) is 19.1 Å². The first-order chi connectivity index (χ1) is 7.63. The molecule has 1 N–H and O–H groups in total. The SMILES string of the molecule is CCN1CCC(N2CCCNS2(=O)=O)CC1. The van der Waals surface area contributed by atoms with Crippen molar-refractivity contribution >= 4 is 10.2 Å². The minimum absolute atomic E-state index is 0.209. The number of nitrogens with one attached hydrogen (secondary N) is 1. The average molecular weight is 247 g/mol. The highest BCUT2D eigenvalue weighted by atomic mass is 32.2. The van der Waals surface area contributed by atoms with Crippen molar-refractivity contribution in [2.45, 2.75) is 32.2 Å². The fourth-order valence-electron chi connectivity index (χ4n) is 2.54. The van der Waals surface area contributed by atoms with Crippen LogP contribution in [0.1, 0.15) is 26.2 Å². The molecule has 94 valence electrons. The lowest BCUT2D eigenvalue weighted by atomic mass is 10.1. The minimum atomic E-state index is -3.18. The van der Waals surface area contributed by atoms with E-state index in [4.69, 9.17) is 0 Å². The molecular formula is C10H21N3O2S. The van der Waals surface area contributed by atoms with Crippen molar-refractivity contribution in [1.82, 2.24) is 13.9 Å². The predicted molar refractivity (Wildman–Crippen MR) is 63.4 cm³/mol. The molecule has 6 heteroatoms. The Hall–Kier alpha value is -0.170. The zero-order chi connectivity index (χ0) is 11.6. The van der Waals surface area contributed by atoms with E-state index in [1.54, 1.807) is 4.31 Å². The van der Waals surface area contributed by atoms with Crippen LogP contribution in [0.3, 0.4) is 0 Å². The molecule has 0 spiro atoms. The molecule has 0 aromatic carbocycles. The molecule has 5 nitrogen and oxygen atoms in total. The third-order valence-corrected chi connectivity index (χ3v) is 5.23. The van der Waals surface area contributed by atoms with E-state index in [0.29, 0.717) is 13.1 Å². The molecule has 0 saturated carbocycles. The average Bonchev–Trinajstić information content (AvgIpc) is 2.29. The molecule has 0 aliphatic carbocycles. The second kappa shape index (κ2) is 5.00. The summed E-state index contributed by atoms with van der Waals surface area (Å²) < 4.78 is 28.0. The molecule has 2 saturated heterocycles. The van der Waals surface area contributed by atoms with Gasteiger partial charge < -0.3 is 4.90 Å². The van der Waals surface area contributed by atoms with Crippen LogP contribution < -0.4 is 4.72 Å². The largest absolute Gasteiger partial charge is 0.303 e. The molecule has 0 bridgehead atoms. The van der Waals surface area contributed by atoms with Gasteiger partial charge in [-0.15, -0.1) is 0 Å². The van der Waals surface area contributed by atoms with E-state index in [9.17, 15) is 8.42 Å². The first kappa shape index (κ1) is 12.3. The van der Waals surface area contributed by atoms with Crippen molar-refractivity contribution in [2.75, 3.05) is 32.7 Å². The molecule has 2 fully saturated rings. The molecule has 0 unspecified atom stereocenters. The van der Waals surface area contributed by atoms with Crippen LogP contribution in [0.25, 0.3) is 0 Å². The van der Waals surface area contributed by atoms with E-state index >= 15 is 0 Å². The van der Waals surface area contributed by atoms with Gasteiger partial charge in [0.1, 0.15) is 0 Å².